The van der Waals surface area contributed by atoms with Crippen LogP contribution >= 0.6 is 0 Å². The second-order valence-electron chi connectivity index (χ2n) is 6.30. The number of nitrogens with one attached hydrogen (secondary N) is 1. The van der Waals surface area contributed by atoms with E-state index in [4.69, 9.17) is 0 Å². The summed E-state index contributed by atoms with van der Waals surface area (Å²) in [6.45, 7) is 10.4. The van der Waals surface area contributed by atoms with Gasteiger partial charge in [0.1, 0.15) is 0 Å². The van der Waals surface area contributed by atoms with Crippen molar-refractivity contribution >= 4 is 11.7 Å². The lowest BCUT2D eigenvalue weighted by atomic mass is 9.92. The molecule has 0 fully saturated rings. The lowest BCUT2D eigenvalue weighted by Gasteiger charge is -2.17. The number of hydrogen-bond donors (Lipinski definition) is 1. The molecule has 2 aromatic heterocycles. The molecule has 0 bridgehead atoms. The summed E-state index contributed by atoms with van der Waals surface area (Å²) >= 11 is 0. The Balaban J connectivity index is 2.13. The normalized spacial score (nSPS) is 11.8. The fraction of sp³-hybridized carbons (Fsp3) is 0.571. The maximum absolute atomic E-state index is 11.8. The van der Waals surface area contributed by atoms with E-state index in [1.807, 2.05) is 45.1 Å². The Bertz CT molecular complexity index is 639. The molecule has 0 atom stereocenters. The molecule has 2 rings (SSSR count). The molecule has 0 saturated heterocycles. The van der Waals surface area contributed by atoms with E-state index in [0.29, 0.717) is 24.6 Å². The average molecular weight is 275 g/mol. The predicted molar refractivity (Wildman–Crippen MR) is 76.2 cm³/mol. The van der Waals surface area contributed by atoms with Gasteiger partial charge in [-0.3, -0.25) is 9.20 Å². The van der Waals surface area contributed by atoms with Crippen LogP contribution in [0.25, 0.3) is 5.78 Å². The first-order chi connectivity index (χ1) is 9.26. The van der Waals surface area contributed by atoms with Gasteiger partial charge in [-0.15, -0.1) is 10.2 Å². The molecular formula is C14H21N5O. The van der Waals surface area contributed by atoms with E-state index in [9.17, 15) is 4.79 Å². The summed E-state index contributed by atoms with van der Waals surface area (Å²) in [5.41, 5.74) is 1.90. The first kappa shape index (κ1) is 14.4. The van der Waals surface area contributed by atoms with Crippen molar-refractivity contribution in [1.82, 2.24) is 24.9 Å². The van der Waals surface area contributed by atoms with E-state index >= 15 is 0 Å². The Morgan fingerprint density at radius 2 is 2.00 bits per heavy atom. The number of amides is 1. The van der Waals surface area contributed by atoms with Gasteiger partial charge in [0, 0.05) is 17.8 Å². The monoisotopic (exact) mass is 275 g/mol. The molecule has 0 aliphatic carbocycles. The third kappa shape index (κ3) is 3.31. The quantitative estimate of drug-likeness (QED) is 0.927. The highest BCUT2D eigenvalue weighted by atomic mass is 16.1. The van der Waals surface area contributed by atoms with E-state index < -0.39 is 0 Å². The summed E-state index contributed by atoms with van der Waals surface area (Å²) in [6.07, 6.45) is 0.486. The SMILES string of the molecule is Cc1cc(C)n2c(CNC(=O)CC(C)(C)C)nnc2n1. The molecule has 0 aliphatic rings. The maximum atomic E-state index is 11.8. The van der Waals surface area contributed by atoms with Crippen LogP contribution in [0.4, 0.5) is 0 Å². The molecule has 2 heterocycles. The molecule has 0 aromatic carbocycles. The highest BCUT2D eigenvalue weighted by Crippen LogP contribution is 2.18. The molecule has 1 N–H and O–H groups in total. The summed E-state index contributed by atoms with van der Waals surface area (Å²) in [5, 5.41) is 11.0. The number of carbonyl (C=O) groups is 1. The van der Waals surface area contributed by atoms with Crippen molar-refractivity contribution in [3.05, 3.63) is 23.3 Å². The number of fused-ring (bicyclic) bond motifs is 1. The van der Waals surface area contributed by atoms with E-state index in [-0.39, 0.29) is 11.3 Å². The number of nitrogens with zero attached hydrogens (tertiary/aromatic N) is 4. The summed E-state index contributed by atoms with van der Waals surface area (Å²) < 4.78 is 1.87. The van der Waals surface area contributed by atoms with Crippen molar-refractivity contribution in [2.75, 3.05) is 0 Å². The highest BCUT2D eigenvalue weighted by molar-refractivity contribution is 5.76. The van der Waals surface area contributed by atoms with E-state index in [2.05, 4.69) is 20.5 Å². The Morgan fingerprint density at radius 3 is 2.65 bits per heavy atom. The molecule has 6 heteroatoms. The number of aryl methyl sites for hydroxylation is 2. The summed E-state index contributed by atoms with van der Waals surface area (Å²) in [6, 6.07) is 1.97. The topological polar surface area (TPSA) is 72.2 Å². The van der Waals surface area contributed by atoms with Crippen molar-refractivity contribution in [2.45, 2.75) is 47.6 Å². The number of carbonyl (C=O) groups excluding carboxylic acids is 1. The predicted octanol–water partition coefficient (Wildman–Crippen LogP) is 1.79. The molecule has 20 heavy (non-hydrogen) atoms. The van der Waals surface area contributed by atoms with Crippen LogP contribution in [0.3, 0.4) is 0 Å². The molecule has 0 unspecified atom stereocenters. The number of hydrogen-bond acceptors (Lipinski definition) is 4. The second-order valence-corrected chi connectivity index (χ2v) is 6.30. The van der Waals surface area contributed by atoms with Crippen LogP contribution in [0, 0.1) is 19.3 Å². The molecule has 108 valence electrons. The van der Waals surface area contributed by atoms with Gasteiger partial charge in [-0.25, -0.2) is 4.98 Å². The van der Waals surface area contributed by atoms with Crippen molar-refractivity contribution in [3.63, 3.8) is 0 Å². The molecular weight excluding hydrogens is 254 g/mol. The number of rotatable bonds is 3. The Morgan fingerprint density at radius 1 is 1.30 bits per heavy atom. The van der Waals surface area contributed by atoms with Crippen LogP contribution in [0.15, 0.2) is 6.07 Å². The number of aromatic nitrogens is 4. The lowest BCUT2D eigenvalue weighted by molar-refractivity contribution is -0.123. The summed E-state index contributed by atoms with van der Waals surface area (Å²) in [5.74, 6) is 1.29. The van der Waals surface area contributed by atoms with Crippen molar-refractivity contribution < 1.29 is 4.79 Å². The minimum absolute atomic E-state index is 0.0203. The lowest BCUT2D eigenvalue weighted by Crippen LogP contribution is -2.28. The van der Waals surface area contributed by atoms with Gasteiger partial charge >= 0.3 is 0 Å². The van der Waals surface area contributed by atoms with Crippen LogP contribution in [-0.4, -0.2) is 25.5 Å². The fourth-order valence-electron chi connectivity index (χ4n) is 2.13. The fourth-order valence-corrected chi connectivity index (χ4v) is 2.13. The molecule has 0 saturated carbocycles. The Labute approximate surface area is 118 Å². The van der Waals surface area contributed by atoms with E-state index in [0.717, 1.165) is 11.4 Å². The zero-order valence-corrected chi connectivity index (χ0v) is 12.7. The van der Waals surface area contributed by atoms with Crippen molar-refractivity contribution in [3.8, 4) is 0 Å². The zero-order valence-electron chi connectivity index (χ0n) is 12.7. The standard InChI is InChI=1S/C14H21N5O/c1-9-6-10(2)19-11(17-18-13(19)16-9)8-15-12(20)7-14(3,4)5/h6H,7-8H2,1-5H3,(H,15,20). The second kappa shape index (κ2) is 5.19. The minimum atomic E-state index is -0.0222. The third-order valence-corrected chi connectivity index (χ3v) is 2.89. The van der Waals surface area contributed by atoms with E-state index in [1.165, 1.54) is 0 Å². The molecule has 6 nitrogen and oxygen atoms in total. The zero-order chi connectivity index (χ0) is 14.9. The van der Waals surface area contributed by atoms with Crippen LogP contribution in [0.1, 0.15) is 44.4 Å². The van der Waals surface area contributed by atoms with Crippen molar-refractivity contribution in [1.29, 1.82) is 0 Å². The van der Waals surface area contributed by atoms with Crippen LogP contribution in [0.5, 0.6) is 0 Å². The minimum Gasteiger partial charge on any atom is -0.349 e. The van der Waals surface area contributed by atoms with Crippen LogP contribution in [-0.2, 0) is 11.3 Å². The first-order valence-electron chi connectivity index (χ1n) is 6.71. The summed E-state index contributed by atoms with van der Waals surface area (Å²) in [4.78, 5) is 16.2. The van der Waals surface area contributed by atoms with Gasteiger partial charge in [-0.1, -0.05) is 20.8 Å². The van der Waals surface area contributed by atoms with Gasteiger partial charge in [0.15, 0.2) is 5.82 Å². The molecule has 0 aliphatic heterocycles. The Kier molecular flexibility index (Phi) is 3.74. The average Bonchev–Trinajstić information content (AvgIpc) is 2.67. The van der Waals surface area contributed by atoms with Gasteiger partial charge < -0.3 is 5.32 Å². The van der Waals surface area contributed by atoms with Gasteiger partial charge in [0.25, 0.3) is 5.78 Å². The molecule has 1 amide bonds. The maximum Gasteiger partial charge on any atom is 0.255 e. The van der Waals surface area contributed by atoms with Gasteiger partial charge in [0.2, 0.25) is 5.91 Å². The Hall–Kier alpha value is -1.98. The van der Waals surface area contributed by atoms with Gasteiger partial charge in [0.05, 0.1) is 6.54 Å². The molecule has 0 spiro atoms. The van der Waals surface area contributed by atoms with Gasteiger partial charge in [-0.05, 0) is 25.3 Å². The van der Waals surface area contributed by atoms with Crippen LogP contribution < -0.4 is 5.32 Å². The summed E-state index contributed by atoms with van der Waals surface area (Å²) in [7, 11) is 0. The highest BCUT2D eigenvalue weighted by Gasteiger charge is 2.16. The van der Waals surface area contributed by atoms with Crippen LogP contribution in [0.2, 0.25) is 0 Å². The smallest absolute Gasteiger partial charge is 0.255 e. The van der Waals surface area contributed by atoms with Gasteiger partial charge in [-0.2, -0.15) is 0 Å². The molecule has 0 radical (unpaired) electrons. The third-order valence-electron chi connectivity index (χ3n) is 2.89. The largest absolute Gasteiger partial charge is 0.349 e. The first-order valence-corrected chi connectivity index (χ1v) is 6.71. The van der Waals surface area contributed by atoms with Crippen molar-refractivity contribution in [2.24, 2.45) is 5.41 Å². The van der Waals surface area contributed by atoms with E-state index in [1.54, 1.807) is 0 Å². The molecule has 2 aromatic rings.